The van der Waals surface area contributed by atoms with E-state index in [0.29, 0.717) is 34.1 Å². The number of hydrogen-bond donors (Lipinski definition) is 0. The van der Waals surface area contributed by atoms with E-state index in [0.717, 1.165) is 16.2 Å². The van der Waals surface area contributed by atoms with Crippen LogP contribution in [0, 0.1) is 0 Å². The van der Waals surface area contributed by atoms with E-state index in [9.17, 15) is 9.59 Å². The van der Waals surface area contributed by atoms with Gasteiger partial charge in [0.05, 0.1) is 21.3 Å². The molecule has 3 rings (SSSR count). The van der Waals surface area contributed by atoms with Crippen LogP contribution in [0.2, 0.25) is 0 Å². The van der Waals surface area contributed by atoms with Crippen LogP contribution < -0.4 is 23.7 Å². The Hall–Kier alpha value is -3.48. The molecular weight excluding hydrogens is 364 g/mol. The molecule has 0 saturated heterocycles. The number of hydrogen-bond acceptors (Lipinski definition) is 7. The maximum atomic E-state index is 11.6. The van der Waals surface area contributed by atoms with Gasteiger partial charge in [-0.2, -0.15) is 0 Å². The van der Waals surface area contributed by atoms with Crippen LogP contribution in [-0.4, -0.2) is 33.3 Å². The molecule has 146 valence electrons. The summed E-state index contributed by atoms with van der Waals surface area (Å²) >= 11 is 0. The fraction of sp³-hybridized carbons (Fsp3) is 0.238. The molecule has 7 nitrogen and oxygen atoms in total. The van der Waals surface area contributed by atoms with Crippen molar-refractivity contribution >= 4 is 33.5 Å². The number of carbonyl (C=O) groups is 2. The van der Waals surface area contributed by atoms with Crippen molar-refractivity contribution in [2.75, 3.05) is 21.3 Å². The number of carbonyl (C=O) groups excluding carboxylic acids is 2. The highest BCUT2D eigenvalue weighted by Crippen LogP contribution is 2.48. The average Bonchev–Trinajstić information content (AvgIpc) is 2.65. The summed E-state index contributed by atoms with van der Waals surface area (Å²) in [5.74, 6) is 1.17. The van der Waals surface area contributed by atoms with E-state index in [1.165, 1.54) is 35.2 Å². The van der Waals surface area contributed by atoms with E-state index < -0.39 is 11.9 Å². The third-order valence-electron chi connectivity index (χ3n) is 4.19. The monoisotopic (exact) mass is 384 g/mol. The van der Waals surface area contributed by atoms with Crippen molar-refractivity contribution < 1.29 is 33.3 Å². The molecule has 0 radical (unpaired) electrons. The van der Waals surface area contributed by atoms with Crippen molar-refractivity contribution in [1.82, 2.24) is 0 Å². The zero-order valence-corrected chi connectivity index (χ0v) is 16.2. The highest BCUT2D eigenvalue weighted by molar-refractivity contribution is 6.15. The molecule has 0 aliphatic carbocycles. The van der Waals surface area contributed by atoms with E-state index in [1.807, 2.05) is 0 Å². The SMILES string of the molecule is COc1cc2cc(OC(C)=O)c3cc(OC(C)=O)ccc3c2c(OC)c1OC. The van der Waals surface area contributed by atoms with Gasteiger partial charge in [-0.3, -0.25) is 9.59 Å². The van der Waals surface area contributed by atoms with Crippen LogP contribution in [0.3, 0.4) is 0 Å². The van der Waals surface area contributed by atoms with Crippen LogP contribution in [0.25, 0.3) is 21.5 Å². The standard InChI is InChI=1S/C21H20O7/c1-11(22)27-14-6-7-15-16(10-14)17(28-12(2)23)8-13-9-18(24-3)20(25-4)21(26-5)19(13)15/h6-10H,1-5H3. The summed E-state index contributed by atoms with van der Waals surface area (Å²) in [6.45, 7) is 2.64. The van der Waals surface area contributed by atoms with Gasteiger partial charge in [-0.25, -0.2) is 0 Å². The number of rotatable bonds is 5. The second kappa shape index (κ2) is 7.64. The predicted molar refractivity (Wildman–Crippen MR) is 104 cm³/mol. The second-order valence-electron chi connectivity index (χ2n) is 6.01. The number of methoxy groups -OCH3 is 3. The lowest BCUT2D eigenvalue weighted by molar-refractivity contribution is -0.132. The van der Waals surface area contributed by atoms with Gasteiger partial charge in [-0.1, -0.05) is 0 Å². The Kier molecular flexibility index (Phi) is 5.26. The lowest BCUT2D eigenvalue weighted by Crippen LogP contribution is -2.04. The molecule has 0 unspecified atom stereocenters. The summed E-state index contributed by atoms with van der Waals surface area (Å²) in [7, 11) is 4.60. The van der Waals surface area contributed by atoms with Gasteiger partial charge in [-0.15, -0.1) is 0 Å². The van der Waals surface area contributed by atoms with Crippen LogP contribution in [0.4, 0.5) is 0 Å². The summed E-state index contributed by atoms with van der Waals surface area (Å²) in [5.41, 5.74) is 0. The quantitative estimate of drug-likeness (QED) is 0.375. The Balaban J connectivity index is 2.45. The summed E-state index contributed by atoms with van der Waals surface area (Å²) in [6.07, 6.45) is 0. The van der Waals surface area contributed by atoms with Gasteiger partial charge in [0.15, 0.2) is 11.5 Å². The van der Waals surface area contributed by atoms with Gasteiger partial charge in [0, 0.05) is 24.6 Å². The molecule has 28 heavy (non-hydrogen) atoms. The third kappa shape index (κ3) is 3.38. The first kappa shape index (κ1) is 19.3. The number of fused-ring (bicyclic) bond motifs is 3. The van der Waals surface area contributed by atoms with E-state index in [2.05, 4.69) is 0 Å². The highest BCUT2D eigenvalue weighted by Gasteiger charge is 2.21. The van der Waals surface area contributed by atoms with Gasteiger partial charge in [-0.05, 0) is 41.1 Å². The maximum Gasteiger partial charge on any atom is 0.308 e. The predicted octanol–water partition coefficient (Wildman–Crippen LogP) is 3.87. The summed E-state index contributed by atoms with van der Waals surface area (Å²) < 4.78 is 27.1. The number of ether oxygens (including phenoxy) is 5. The van der Waals surface area contributed by atoms with Gasteiger partial charge in [0.1, 0.15) is 11.5 Å². The van der Waals surface area contributed by atoms with Gasteiger partial charge in [0.2, 0.25) is 5.75 Å². The molecular formula is C21H20O7. The number of esters is 2. The van der Waals surface area contributed by atoms with Gasteiger partial charge >= 0.3 is 11.9 Å². The fourth-order valence-electron chi connectivity index (χ4n) is 3.20. The first-order valence-corrected chi connectivity index (χ1v) is 8.45. The van der Waals surface area contributed by atoms with E-state index >= 15 is 0 Å². The number of benzene rings is 3. The summed E-state index contributed by atoms with van der Waals surface area (Å²) in [6, 6.07) is 8.57. The molecule has 0 aliphatic rings. The van der Waals surface area contributed by atoms with Crippen molar-refractivity contribution in [3.63, 3.8) is 0 Å². The fourth-order valence-corrected chi connectivity index (χ4v) is 3.20. The normalized spacial score (nSPS) is 10.6. The molecule has 3 aromatic rings. The Morgan fingerprint density at radius 2 is 1.36 bits per heavy atom. The Morgan fingerprint density at radius 3 is 1.93 bits per heavy atom. The Labute approximate surface area is 161 Å². The molecule has 0 aliphatic heterocycles. The van der Waals surface area contributed by atoms with Crippen LogP contribution in [0.15, 0.2) is 30.3 Å². The molecule has 0 heterocycles. The van der Waals surface area contributed by atoms with Crippen molar-refractivity contribution in [1.29, 1.82) is 0 Å². The lowest BCUT2D eigenvalue weighted by atomic mass is 9.99. The molecule has 0 N–H and O–H groups in total. The Bertz CT molecular complexity index is 1090. The second-order valence-corrected chi connectivity index (χ2v) is 6.01. The van der Waals surface area contributed by atoms with Gasteiger partial charge in [0.25, 0.3) is 0 Å². The van der Waals surface area contributed by atoms with E-state index in [-0.39, 0.29) is 0 Å². The highest BCUT2D eigenvalue weighted by atomic mass is 16.5. The van der Waals surface area contributed by atoms with Crippen LogP contribution in [-0.2, 0) is 9.59 Å². The topological polar surface area (TPSA) is 80.3 Å². The first-order valence-electron chi connectivity index (χ1n) is 8.45. The van der Waals surface area contributed by atoms with Gasteiger partial charge < -0.3 is 23.7 Å². The minimum Gasteiger partial charge on any atom is -0.493 e. The van der Waals surface area contributed by atoms with Crippen molar-refractivity contribution in [3.05, 3.63) is 30.3 Å². The largest absolute Gasteiger partial charge is 0.493 e. The minimum atomic E-state index is -0.467. The summed E-state index contributed by atoms with van der Waals surface area (Å²) in [5, 5.41) is 2.81. The minimum absolute atomic E-state index is 0.332. The maximum absolute atomic E-state index is 11.6. The summed E-state index contributed by atoms with van der Waals surface area (Å²) in [4.78, 5) is 22.9. The zero-order valence-electron chi connectivity index (χ0n) is 16.2. The van der Waals surface area contributed by atoms with Crippen LogP contribution in [0.5, 0.6) is 28.7 Å². The molecule has 3 aromatic carbocycles. The van der Waals surface area contributed by atoms with Crippen molar-refractivity contribution in [3.8, 4) is 28.7 Å². The first-order chi connectivity index (χ1) is 13.4. The molecule has 0 spiro atoms. The van der Waals surface area contributed by atoms with Crippen LogP contribution in [0.1, 0.15) is 13.8 Å². The molecule has 0 fully saturated rings. The van der Waals surface area contributed by atoms with Crippen molar-refractivity contribution in [2.45, 2.75) is 13.8 Å². The lowest BCUT2D eigenvalue weighted by Gasteiger charge is -2.18. The molecule has 0 amide bonds. The average molecular weight is 384 g/mol. The molecule has 7 heteroatoms. The Morgan fingerprint density at radius 1 is 0.714 bits per heavy atom. The van der Waals surface area contributed by atoms with Crippen molar-refractivity contribution in [2.24, 2.45) is 0 Å². The van der Waals surface area contributed by atoms with Crippen LogP contribution >= 0.6 is 0 Å². The smallest absolute Gasteiger partial charge is 0.308 e. The molecule has 0 bridgehead atoms. The van der Waals surface area contributed by atoms with E-state index in [4.69, 9.17) is 23.7 Å². The van der Waals surface area contributed by atoms with E-state index in [1.54, 1.807) is 30.3 Å². The molecule has 0 atom stereocenters. The zero-order chi connectivity index (χ0) is 20.4. The molecule has 0 aromatic heterocycles. The molecule has 0 saturated carbocycles. The third-order valence-corrected chi connectivity index (χ3v) is 4.19.